The summed E-state index contributed by atoms with van der Waals surface area (Å²) in [6.45, 7) is 9.40. The van der Waals surface area contributed by atoms with E-state index in [0.717, 1.165) is 25.1 Å². The van der Waals surface area contributed by atoms with Crippen LogP contribution in [0.5, 0.6) is 0 Å². The van der Waals surface area contributed by atoms with Gasteiger partial charge in [-0.25, -0.2) is 4.79 Å². The maximum atomic E-state index is 12.4. The minimum absolute atomic E-state index is 0.0244. The number of piperidine rings is 1. The zero-order chi connectivity index (χ0) is 19.3. The zero-order valence-corrected chi connectivity index (χ0v) is 16.4. The number of hydrogen-bond donors (Lipinski definition) is 0. The Kier molecular flexibility index (Phi) is 6.51. The van der Waals surface area contributed by atoms with Crippen LogP contribution >= 0.6 is 0 Å². The maximum Gasteiger partial charge on any atom is 0.410 e. The van der Waals surface area contributed by atoms with E-state index < -0.39 is 5.60 Å². The molecule has 1 aromatic rings. The first-order valence-corrected chi connectivity index (χ1v) is 9.11. The van der Waals surface area contributed by atoms with E-state index in [1.54, 1.807) is 24.1 Å². The first-order valence-electron chi connectivity index (χ1n) is 9.11. The molecule has 1 aromatic heterocycles. The van der Waals surface area contributed by atoms with Crippen LogP contribution in [0.3, 0.4) is 0 Å². The lowest BCUT2D eigenvalue weighted by Crippen LogP contribution is -2.44. The molecule has 1 aliphatic rings. The fraction of sp³-hybridized carbons (Fsp3) is 0.600. The third kappa shape index (κ3) is 6.24. The highest BCUT2D eigenvalue weighted by Gasteiger charge is 2.26. The summed E-state index contributed by atoms with van der Waals surface area (Å²) in [4.78, 5) is 28.0. The van der Waals surface area contributed by atoms with Gasteiger partial charge >= 0.3 is 6.09 Å². The molecule has 2 heterocycles. The minimum atomic E-state index is -0.505. The molecule has 1 aliphatic heterocycles. The van der Waals surface area contributed by atoms with Gasteiger partial charge in [0.25, 0.3) is 0 Å². The second-order valence-corrected chi connectivity index (χ2v) is 7.94. The van der Waals surface area contributed by atoms with Crippen molar-refractivity contribution in [3.63, 3.8) is 0 Å². The Bertz CT molecular complexity index is 657. The quantitative estimate of drug-likeness (QED) is 0.766. The number of carbonyl (C=O) groups excluding carboxylic acids is 2. The molecule has 6 nitrogen and oxygen atoms in total. The van der Waals surface area contributed by atoms with Crippen LogP contribution in [0.15, 0.2) is 22.6 Å². The largest absolute Gasteiger partial charge is 0.462 e. The average Bonchev–Trinajstić information content (AvgIpc) is 2.96. The third-order valence-electron chi connectivity index (χ3n) is 4.22. The number of nitrogens with zero attached hydrogens (tertiary/aromatic N) is 2. The van der Waals surface area contributed by atoms with Gasteiger partial charge < -0.3 is 19.0 Å². The summed E-state index contributed by atoms with van der Waals surface area (Å²) in [5, 5.41) is 0. The molecule has 0 aromatic carbocycles. The van der Waals surface area contributed by atoms with Gasteiger partial charge in [-0.3, -0.25) is 4.79 Å². The van der Waals surface area contributed by atoms with Gasteiger partial charge in [0.05, 0.1) is 0 Å². The van der Waals surface area contributed by atoms with E-state index in [1.807, 2.05) is 44.7 Å². The van der Waals surface area contributed by atoms with Crippen LogP contribution in [-0.4, -0.2) is 54.1 Å². The molecule has 2 amide bonds. The number of amides is 2. The van der Waals surface area contributed by atoms with Gasteiger partial charge in [-0.1, -0.05) is 0 Å². The van der Waals surface area contributed by atoms with Crippen molar-refractivity contribution in [3.05, 3.63) is 29.7 Å². The Balaban J connectivity index is 1.86. The van der Waals surface area contributed by atoms with Crippen LogP contribution in [0.4, 0.5) is 4.79 Å². The smallest absolute Gasteiger partial charge is 0.410 e. The third-order valence-corrected chi connectivity index (χ3v) is 4.22. The number of likely N-dealkylation sites (tertiary alicyclic amines) is 1. The summed E-state index contributed by atoms with van der Waals surface area (Å²) in [6, 6.07) is 3.71. The highest BCUT2D eigenvalue weighted by molar-refractivity contribution is 5.91. The first kappa shape index (κ1) is 20.1. The van der Waals surface area contributed by atoms with Crippen LogP contribution in [0.25, 0.3) is 6.08 Å². The number of furan rings is 1. The summed E-state index contributed by atoms with van der Waals surface area (Å²) in [7, 11) is 1.74. The number of hydrogen-bond acceptors (Lipinski definition) is 4. The normalized spacial score (nSPS) is 18.2. The Morgan fingerprint density at radius 1 is 1.38 bits per heavy atom. The molecule has 0 N–H and O–H groups in total. The average molecular weight is 362 g/mol. The molecule has 6 heteroatoms. The SMILES string of the molecule is Cc1ccc(/C=C/C(=O)N2CCCC(CN(C)C(=O)OC(C)(C)C)C2)o1. The van der Waals surface area contributed by atoms with Crippen molar-refractivity contribution in [1.82, 2.24) is 9.80 Å². The van der Waals surface area contributed by atoms with E-state index in [2.05, 4.69) is 0 Å². The van der Waals surface area contributed by atoms with Gasteiger partial charge in [-0.2, -0.15) is 0 Å². The van der Waals surface area contributed by atoms with Gasteiger partial charge in [0, 0.05) is 32.8 Å². The van der Waals surface area contributed by atoms with Crippen molar-refractivity contribution < 1.29 is 18.7 Å². The van der Waals surface area contributed by atoms with E-state index in [4.69, 9.17) is 9.15 Å². The summed E-state index contributed by atoms with van der Waals surface area (Å²) in [5.74, 6) is 1.72. The molecule has 26 heavy (non-hydrogen) atoms. The Morgan fingerprint density at radius 3 is 2.73 bits per heavy atom. The van der Waals surface area contributed by atoms with E-state index >= 15 is 0 Å². The summed E-state index contributed by atoms with van der Waals surface area (Å²) in [5.41, 5.74) is -0.505. The molecule has 0 spiro atoms. The standard InChI is InChI=1S/C20H30N2O4/c1-15-8-9-17(25-15)10-11-18(23)22-12-6-7-16(14-22)13-21(5)19(24)26-20(2,3)4/h8-11,16H,6-7,12-14H2,1-5H3/b11-10+. The molecule has 0 saturated carbocycles. The van der Waals surface area contributed by atoms with E-state index in [9.17, 15) is 9.59 Å². The Morgan fingerprint density at radius 2 is 2.12 bits per heavy atom. The van der Waals surface area contributed by atoms with Crippen molar-refractivity contribution in [3.8, 4) is 0 Å². The van der Waals surface area contributed by atoms with E-state index in [0.29, 0.717) is 18.8 Å². The zero-order valence-electron chi connectivity index (χ0n) is 16.4. The summed E-state index contributed by atoms with van der Waals surface area (Å²) < 4.78 is 10.8. The molecule has 0 bridgehead atoms. The van der Waals surface area contributed by atoms with Crippen LogP contribution in [0, 0.1) is 12.8 Å². The Hall–Kier alpha value is -2.24. The molecular weight excluding hydrogens is 332 g/mol. The lowest BCUT2D eigenvalue weighted by atomic mass is 9.97. The van der Waals surface area contributed by atoms with E-state index in [-0.39, 0.29) is 17.9 Å². The van der Waals surface area contributed by atoms with Gasteiger partial charge in [0.2, 0.25) is 5.91 Å². The van der Waals surface area contributed by atoms with Gasteiger partial charge in [0.1, 0.15) is 17.1 Å². The molecular formula is C20H30N2O4. The topological polar surface area (TPSA) is 63.0 Å². The number of carbonyl (C=O) groups is 2. The van der Waals surface area contributed by atoms with Crippen molar-refractivity contribution in [2.45, 2.75) is 46.1 Å². The van der Waals surface area contributed by atoms with E-state index in [1.165, 1.54) is 0 Å². The van der Waals surface area contributed by atoms with Crippen LogP contribution < -0.4 is 0 Å². The van der Waals surface area contributed by atoms with Crippen molar-refractivity contribution >= 4 is 18.1 Å². The highest BCUT2D eigenvalue weighted by Crippen LogP contribution is 2.19. The maximum absolute atomic E-state index is 12.4. The molecule has 0 aliphatic carbocycles. The first-order chi connectivity index (χ1) is 12.1. The molecule has 1 saturated heterocycles. The van der Waals surface area contributed by atoms with Gasteiger partial charge in [-0.05, 0) is 64.7 Å². The number of rotatable bonds is 4. The molecule has 1 atom stereocenters. The fourth-order valence-electron chi connectivity index (χ4n) is 3.02. The second kappa shape index (κ2) is 8.43. The van der Waals surface area contributed by atoms with Crippen molar-refractivity contribution in [2.24, 2.45) is 5.92 Å². The summed E-state index contributed by atoms with van der Waals surface area (Å²) >= 11 is 0. The molecule has 144 valence electrons. The molecule has 0 radical (unpaired) electrons. The number of aryl methyl sites for hydroxylation is 1. The lowest BCUT2D eigenvalue weighted by Gasteiger charge is -2.34. The van der Waals surface area contributed by atoms with Crippen LogP contribution in [0.1, 0.15) is 45.1 Å². The van der Waals surface area contributed by atoms with Gasteiger partial charge in [0.15, 0.2) is 0 Å². The monoisotopic (exact) mass is 362 g/mol. The van der Waals surface area contributed by atoms with Crippen molar-refractivity contribution in [2.75, 3.05) is 26.7 Å². The molecule has 1 unspecified atom stereocenters. The lowest BCUT2D eigenvalue weighted by molar-refractivity contribution is -0.127. The van der Waals surface area contributed by atoms with Crippen molar-refractivity contribution in [1.29, 1.82) is 0 Å². The fourth-order valence-corrected chi connectivity index (χ4v) is 3.02. The van der Waals surface area contributed by atoms with Crippen LogP contribution in [-0.2, 0) is 9.53 Å². The summed E-state index contributed by atoms with van der Waals surface area (Å²) in [6.07, 6.45) is 4.86. The Labute approximate surface area is 155 Å². The predicted molar refractivity (Wildman–Crippen MR) is 101 cm³/mol. The highest BCUT2D eigenvalue weighted by atomic mass is 16.6. The molecule has 2 rings (SSSR count). The second-order valence-electron chi connectivity index (χ2n) is 7.94. The van der Waals surface area contributed by atoms with Crippen LogP contribution in [0.2, 0.25) is 0 Å². The predicted octanol–water partition coefficient (Wildman–Crippen LogP) is 3.71. The van der Waals surface area contributed by atoms with Gasteiger partial charge in [-0.15, -0.1) is 0 Å². The number of ether oxygens (including phenoxy) is 1. The molecule has 1 fully saturated rings. The minimum Gasteiger partial charge on any atom is -0.462 e.